The van der Waals surface area contributed by atoms with Gasteiger partial charge in [-0.05, 0) is 54.5 Å². The Morgan fingerprint density at radius 1 is 1.13 bits per heavy atom. The summed E-state index contributed by atoms with van der Waals surface area (Å²) in [6.45, 7) is 3.41. The van der Waals surface area contributed by atoms with Crippen molar-refractivity contribution >= 4 is 29.4 Å². The Kier molecular flexibility index (Phi) is 9.85. The fourth-order valence-electron chi connectivity index (χ4n) is 6.61. The summed E-state index contributed by atoms with van der Waals surface area (Å²) in [5.74, 6) is -3.90. The lowest BCUT2D eigenvalue weighted by Gasteiger charge is -2.35. The third kappa shape index (κ3) is 7.48. The fourth-order valence-corrected chi connectivity index (χ4v) is 6.81. The smallest absolute Gasteiger partial charge is 0.333 e. The molecular weight excluding hydrogens is 730 g/mol. The van der Waals surface area contributed by atoms with Crippen LogP contribution in [0.25, 0.3) is 16.8 Å². The zero-order chi connectivity index (χ0) is 38.6. The van der Waals surface area contributed by atoms with Crippen LogP contribution in [0.1, 0.15) is 82.9 Å². The Hall–Kier alpha value is -4.93. The van der Waals surface area contributed by atoms with Gasteiger partial charge in [-0.3, -0.25) is 14.5 Å². The summed E-state index contributed by atoms with van der Waals surface area (Å²) >= 11 is 6.43. The third-order valence-corrected chi connectivity index (χ3v) is 9.61. The largest absolute Gasteiger partial charge is 0.463 e. The quantitative estimate of drug-likeness (QED) is 0.117. The van der Waals surface area contributed by atoms with E-state index in [1.54, 1.807) is 0 Å². The standard InChI is InChI=1S/C35H35ClF6N8O3/c1-33(2,3)16-35(20-6-7-22(24(37)10-20)19-13-45-48(14-19)31(40)41)30(52)49(32(43)47-35)26(15-53-27(51)11-21-12-34(21,4)42)18-5-8-23(36)25(9-18)50-29(28(38)39)44-17-46-50/h5-10,13-14,17,21,26,28,31H,11-12,15-16H2,1-4H3,(H2,43,47)/t21-,26-,34?,35-/m1/s1. The number of nitrogens with two attached hydrogens (primary N) is 1. The highest BCUT2D eigenvalue weighted by Gasteiger charge is 2.54. The molecular formula is C35H35ClF6N8O3. The first-order valence-corrected chi connectivity index (χ1v) is 16.8. The van der Waals surface area contributed by atoms with Crippen LogP contribution < -0.4 is 5.73 Å². The zero-order valence-corrected chi connectivity index (χ0v) is 29.7. The van der Waals surface area contributed by atoms with Gasteiger partial charge in [-0.1, -0.05) is 50.6 Å². The molecule has 1 aliphatic heterocycles. The average Bonchev–Trinajstić information content (AvgIpc) is 3.52. The molecule has 1 amide bonds. The van der Waals surface area contributed by atoms with Crippen LogP contribution in [0.2, 0.25) is 5.02 Å². The van der Waals surface area contributed by atoms with Gasteiger partial charge in [0.05, 0.1) is 29.4 Å². The Labute approximate surface area is 304 Å². The minimum Gasteiger partial charge on any atom is -0.463 e. The molecule has 282 valence electrons. The molecule has 6 rings (SSSR count). The van der Waals surface area contributed by atoms with Gasteiger partial charge in [0, 0.05) is 23.2 Å². The molecule has 1 saturated carbocycles. The van der Waals surface area contributed by atoms with E-state index < -0.39 is 71.7 Å². The first-order chi connectivity index (χ1) is 24.8. The fraction of sp³-hybridized carbons (Fsp3) is 0.429. The highest BCUT2D eigenvalue weighted by molar-refractivity contribution is 6.32. The van der Waals surface area contributed by atoms with Gasteiger partial charge in [-0.2, -0.15) is 19.0 Å². The Bertz CT molecular complexity index is 2080. The summed E-state index contributed by atoms with van der Waals surface area (Å²) in [6, 6.07) is 6.81. The summed E-state index contributed by atoms with van der Waals surface area (Å²) in [6.07, 6.45) is -0.0732. The molecule has 2 aliphatic rings. The molecule has 53 heavy (non-hydrogen) atoms. The van der Waals surface area contributed by atoms with Crippen LogP contribution in [0.3, 0.4) is 0 Å². The SMILES string of the molecule is CC(C)(C)C[C@]1(c2ccc(-c3cnn(C(F)F)c3)c(F)c2)N=C(N)N([C@H](COC(=O)C[C@@H]2CC2(C)F)c2ccc(Cl)c(-n3ncnc3C(F)F)c2)C1=O. The number of halogens is 7. The molecule has 1 fully saturated rings. The molecule has 0 saturated heterocycles. The number of amides is 1. The second kappa shape index (κ2) is 13.8. The van der Waals surface area contributed by atoms with Crippen molar-refractivity contribution in [1.29, 1.82) is 0 Å². The van der Waals surface area contributed by atoms with Crippen LogP contribution in [-0.4, -0.2) is 59.6 Å². The van der Waals surface area contributed by atoms with Crippen molar-refractivity contribution in [3.63, 3.8) is 0 Å². The van der Waals surface area contributed by atoms with Gasteiger partial charge in [0.1, 0.15) is 24.4 Å². The predicted molar refractivity (Wildman–Crippen MR) is 180 cm³/mol. The summed E-state index contributed by atoms with van der Waals surface area (Å²) in [5, 5.41) is 7.45. The maximum atomic E-state index is 15.8. The minimum absolute atomic E-state index is 0.000940. The van der Waals surface area contributed by atoms with Gasteiger partial charge in [-0.15, -0.1) is 0 Å². The van der Waals surface area contributed by atoms with Crippen LogP contribution in [-0.2, 0) is 19.9 Å². The average molecular weight is 765 g/mol. The Balaban J connectivity index is 1.42. The van der Waals surface area contributed by atoms with E-state index in [2.05, 4.69) is 20.2 Å². The molecule has 1 unspecified atom stereocenters. The van der Waals surface area contributed by atoms with Crippen molar-refractivity contribution in [1.82, 2.24) is 29.4 Å². The van der Waals surface area contributed by atoms with Crippen LogP contribution in [0.5, 0.6) is 0 Å². The number of hydrogen-bond acceptors (Lipinski definition) is 8. The lowest BCUT2D eigenvalue weighted by atomic mass is 9.75. The van der Waals surface area contributed by atoms with Gasteiger partial charge in [0.15, 0.2) is 17.3 Å². The second-order valence-corrected chi connectivity index (χ2v) is 15.0. The van der Waals surface area contributed by atoms with Crippen LogP contribution >= 0.6 is 11.6 Å². The van der Waals surface area contributed by atoms with Crippen molar-refractivity contribution in [2.24, 2.45) is 22.1 Å². The van der Waals surface area contributed by atoms with E-state index in [9.17, 15) is 31.5 Å². The highest BCUT2D eigenvalue weighted by atomic mass is 35.5. The molecule has 4 aromatic rings. The summed E-state index contributed by atoms with van der Waals surface area (Å²) in [7, 11) is 0. The van der Waals surface area contributed by atoms with Crippen molar-refractivity contribution in [2.45, 2.75) is 77.2 Å². The maximum Gasteiger partial charge on any atom is 0.333 e. The van der Waals surface area contributed by atoms with E-state index >= 15 is 4.39 Å². The topological polar surface area (TPSA) is 134 Å². The molecule has 3 heterocycles. The number of benzene rings is 2. The Morgan fingerprint density at radius 2 is 1.85 bits per heavy atom. The number of ether oxygens (including phenoxy) is 1. The van der Waals surface area contributed by atoms with E-state index in [-0.39, 0.29) is 58.2 Å². The van der Waals surface area contributed by atoms with Crippen molar-refractivity contribution < 1.29 is 40.7 Å². The van der Waals surface area contributed by atoms with Gasteiger partial charge in [0.2, 0.25) is 0 Å². The third-order valence-electron chi connectivity index (χ3n) is 9.29. The molecule has 1 aliphatic carbocycles. The number of carbonyl (C=O) groups excluding carboxylic acids is 2. The van der Waals surface area contributed by atoms with Gasteiger partial charge in [0.25, 0.3) is 12.3 Å². The molecule has 18 heteroatoms. The van der Waals surface area contributed by atoms with Crippen LogP contribution in [0, 0.1) is 17.2 Å². The van der Waals surface area contributed by atoms with E-state index in [1.807, 2.05) is 20.8 Å². The number of guanidine groups is 1. The predicted octanol–water partition coefficient (Wildman–Crippen LogP) is 7.47. The van der Waals surface area contributed by atoms with Gasteiger partial charge >= 0.3 is 12.5 Å². The number of hydrogen-bond donors (Lipinski definition) is 1. The molecule has 0 bridgehead atoms. The van der Waals surface area contributed by atoms with Crippen molar-refractivity contribution in [3.8, 4) is 16.8 Å². The number of nitrogens with zero attached hydrogens (tertiary/aromatic N) is 7. The first kappa shape index (κ1) is 37.8. The maximum absolute atomic E-state index is 15.8. The van der Waals surface area contributed by atoms with Crippen molar-refractivity contribution in [2.75, 3.05) is 6.61 Å². The lowest BCUT2D eigenvalue weighted by molar-refractivity contribution is -0.148. The van der Waals surface area contributed by atoms with Crippen molar-refractivity contribution in [3.05, 3.63) is 82.9 Å². The summed E-state index contributed by atoms with van der Waals surface area (Å²) in [5.41, 5.74) is 2.86. The molecule has 2 aromatic carbocycles. The molecule has 11 nitrogen and oxygen atoms in total. The highest BCUT2D eigenvalue weighted by Crippen LogP contribution is 2.49. The second-order valence-electron chi connectivity index (χ2n) is 14.5. The number of carbonyl (C=O) groups is 2. The number of aliphatic imine (C=N–C) groups is 1. The minimum atomic E-state index is -3.02. The van der Waals surface area contributed by atoms with Crippen LogP contribution in [0.4, 0.5) is 26.3 Å². The van der Waals surface area contributed by atoms with Crippen LogP contribution in [0.15, 0.2) is 60.1 Å². The molecule has 0 radical (unpaired) electrons. The number of rotatable bonds is 12. The van der Waals surface area contributed by atoms with E-state index in [0.29, 0.717) is 4.68 Å². The van der Waals surface area contributed by atoms with E-state index in [1.165, 1.54) is 37.3 Å². The zero-order valence-electron chi connectivity index (χ0n) is 28.9. The molecule has 4 atom stereocenters. The van der Waals surface area contributed by atoms with E-state index in [4.69, 9.17) is 22.1 Å². The molecule has 0 spiro atoms. The normalized spacial score (nSPS) is 22.1. The monoisotopic (exact) mass is 764 g/mol. The molecule has 2 aromatic heterocycles. The van der Waals surface area contributed by atoms with E-state index in [0.717, 1.165) is 34.4 Å². The number of esters is 1. The first-order valence-electron chi connectivity index (χ1n) is 16.5. The molecule has 2 N–H and O–H groups in total. The summed E-state index contributed by atoms with van der Waals surface area (Å²) in [4.78, 5) is 37.1. The Morgan fingerprint density at radius 3 is 2.45 bits per heavy atom. The lowest BCUT2D eigenvalue weighted by Crippen LogP contribution is -2.47. The number of alkyl halides is 5. The van der Waals surface area contributed by atoms with Gasteiger partial charge in [-0.25, -0.2) is 36.9 Å². The van der Waals surface area contributed by atoms with Gasteiger partial charge < -0.3 is 10.5 Å². The summed E-state index contributed by atoms with van der Waals surface area (Å²) < 4.78 is 90.9. The number of aromatic nitrogens is 5.